The predicted molar refractivity (Wildman–Crippen MR) is 62.6 cm³/mol. The zero-order valence-electron chi connectivity index (χ0n) is 15.5. The molecule has 0 N–H and O–H groups in total. The fourth-order valence-corrected chi connectivity index (χ4v) is 1.38. The maximum Gasteiger partial charge on any atom is 0.0629 e. The van der Waals surface area contributed by atoms with Crippen LogP contribution < -0.4 is 0 Å². The van der Waals surface area contributed by atoms with Gasteiger partial charge in [-0.05, 0) is 21.8 Å². The van der Waals surface area contributed by atoms with Gasteiger partial charge in [0.25, 0.3) is 0 Å². The summed E-state index contributed by atoms with van der Waals surface area (Å²) in [6.45, 7) is 5.47. The van der Waals surface area contributed by atoms with Gasteiger partial charge in [-0.3, -0.25) is 0 Å². The number of hydrogen-bond donors (Lipinski definition) is 0. The molecule has 0 radical (unpaired) electrons. The maximum absolute atomic E-state index is 8.10. The standard InChI is InChI=1S/C14H16/c1-14(2,3)13-10-6-8-11-7-4-5-9-12(11)13/h4-10H,1-3H3/i4D,5D,6D,7D,8D,9D,10D. The van der Waals surface area contributed by atoms with Crippen LogP contribution in [0, 0.1) is 0 Å². The van der Waals surface area contributed by atoms with Crippen molar-refractivity contribution >= 4 is 10.8 Å². The minimum Gasteiger partial charge on any atom is -0.0616 e. The molecule has 0 aliphatic rings. The fraction of sp³-hybridized carbons (Fsp3) is 0.286. The van der Waals surface area contributed by atoms with E-state index in [2.05, 4.69) is 0 Å². The minimum absolute atomic E-state index is 0.0203. The molecule has 0 bridgehead atoms. The molecule has 0 fully saturated rings. The second-order valence-electron chi connectivity index (χ2n) is 4.25. The monoisotopic (exact) mass is 191 g/mol. The lowest BCUT2D eigenvalue weighted by Crippen LogP contribution is -2.11. The van der Waals surface area contributed by atoms with Gasteiger partial charge in [0.2, 0.25) is 0 Å². The first-order valence-electron chi connectivity index (χ1n) is 8.00. The van der Waals surface area contributed by atoms with Crippen LogP contribution in [0.25, 0.3) is 10.8 Å². The summed E-state index contributed by atoms with van der Waals surface area (Å²) in [4.78, 5) is 0. The van der Waals surface area contributed by atoms with Crippen LogP contribution in [0.2, 0.25) is 0 Å². The van der Waals surface area contributed by atoms with Crippen molar-refractivity contribution in [2.75, 3.05) is 0 Å². The van der Waals surface area contributed by atoms with Gasteiger partial charge in [0, 0.05) is 0 Å². The molecule has 0 saturated heterocycles. The van der Waals surface area contributed by atoms with Gasteiger partial charge in [0.15, 0.2) is 0 Å². The molecule has 0 spiro atoms. The SMILES string of the molecule is [2H]c1c([2H])c([2H])c2c(C(C)(C)C)c([2H])c([2H])c([2H])c2c1[2H]. The van der Waals surface area contributed by atoms with Crippen molar-refractivity contribution < 1.29 is 9.60 Å². The molecular formula is C14H16. The quantitative estimate of drug-likeness (QED) is 0.587. The zero-order valence-corrected chi connectivity index (χ0v) is 8.50. The van der Waals surface area contributed by atoms with E-state index in [1.807, 2.05) is 20.8 Å². The van der Waals surface area contributed by atoms with Crippen molar-refractivity contribution in [3.63, 3.8) is 0 Å². The van der Waals surface area contributed by atoms with E-state index in [0.29, 0.717) is 5.56 Å². The van der Waals surface area contributed by atoms with Crippen molar-refractivity contribution in [2.45, 2.75) is 26.2 Å². The molecule has 72 valence electrons. The summed E-state index contributed by atoms with van der Waals surface area (Å²) in [5, 5.41) is 0.200. The molecule has 14 heavy (non-hydrogen) atoms. The lowest BCUT2D eigenvalue weighted by Gasteiger charge is -2.21. The predicted octanol–water partition coefficient (Wildman–Crippen LogP) is 4.14. The highest BCUT2D eigenvalue weighted by Crippen LogP contribution is 2.29. The Morgan fingerprint density at radius 3 is 2.29 bits per heavy atom. The van der Waals surface area contributed by atoms with E-state index < -0.39 is 11.5 Å². The molecular weight excluding hydrogens is 168 g/mol. The third kappa shape index (κ3) is 1.52. The highest BCUT2D eigenvalue weighted by Gasteiger charge is 2.15. The van der Waals surface area contributed by atoms with Crippen LogP contribution in [0.3, 0.4) is 0 Å². The van der Waals surface area contributed by atoms with Gasteiger partial charge in [-0.1, -0.05) is 63.1 Å². The van der Waals surface area contributed by atoms with E-state index in [9.17, 15) is 0 Å². The Bertz CT molecular complexity index is 749. The summed E-state index contributed by atoms with van der Waals surface area (Å²) in [6, 6.07) is -2.15. The summed E-state index contributed by atoms with van der Waals surface area (Å²) in [5.74, 6) is 0. The van der Waals surface area contributed by atoms with Gasteiger partial charge >= 0.3 is 0 Å². The lowest BCUT2D eigenvalue weighted by atomic mass is 9.84. The number of benzene rings is 2. The summed E-state index contributed by atoms with van der Waals surface area (Å²) in [7, 11) is 0. The molecule has 0 unspecified atom stereocenters. The van der Waals surface area contributed by atoms with Crippen LogP contribution in [0.1, 0.15) is 35.9 Å². The lowest BCUT2D eigenvalue weighted by molar-refractivity contribution is 0.596. The molecule has 0 aliphatic carbocycles. The van der Waals surface area contributed by atoms with E-state index in [1.54, 1.807) is 0 Å². The highest BCUT2D eigenvalue weighted by molar-refractivity contribution is 5.86. The van der Waals surface area contributed by atoms with E-state index in [4.69, 9.17) is 9.60 Å². The van der Waals surface area contributed by atoms with Crippen LogP contribution in [-0.2, 0) is 5.41 Å². The van der Waals surface area contributed by atoms with Crippen molar-refractivity contribution in [1.29, 1.82) is 0 Å². The smallest absolute Gasteiger partial charge is 0.0616 e. The first-order chi connectivity index (χ1) is 9.50. The van der Waals surface area contributed by atoms with Gasteiger partial charge in [-0.15, -0.1) is 0 Å². The van der Waals surface area contributed by atoms with Crippen molar-refractivity contribution in [2.24, 2.45) is 0 Å². The van der Waals surface area contributed by atoms with E-state index in [0.717, 1.165) is 0 Å². The van der Waals surface area contributed by atoms with Gasteiger partial charge in [-0.2, -0.15) is 0 Å². The molecule has 0 saturated carbocycles. The Hall–Kier alpha value is -1.30. The molecule has 0 nitrogen and oxygen atoms in total. The molecule has 0 heterocycles. The van der Waals surface area contributed by atoms with Crippen molar-refractivity contribution in [3.05, 3.63) is 47.9 Å². The normalized spacial score (nSPS) is 18.9. The van der Waals surface area contributed by atoms with E-state index in [1.165, 1.54) is 0 Å². The largest absolute Gasteiger partial charge is 0.0629 e. The van der Waals surface area contributed by atoms with Gasteiger partial charge < -0.3 is 0 Å². The van der Waals surface area contributed by atoms with Gasteiger partial charge in [-0.25, -0.2) is 0 Å². The molecule has 0 heteroatoms. The van der Waals surface area contributed by atoms with Crippen LogP contribution in [0.15, 0.2) is 42.3 Å². The summed E-state index contributed by atoms with van der Waals surface area (Å²) >= 11 is 0. The van der Waals surface area contributed by atoms with Crippen LogP contribution in [0.4, 0.5) is 0 Å². The van der Waals surface area contributed by atoms with E-state index >= 15 is 0 Å². The van der Waals surface area contributed by atoms with Crippen LogP contribution in [-0.4, -0.2) is 0 Å². The topological polar surface area (TPSA) is 0 Å². The second-order valence-corrected chi connectivity index (χ2v) is 4.25. The Balaban J connectivity index is 3.26. The Morgan fingerprint density at radius 2 is 1.57 bits per heavy atom. The maximum atomic E-state index is 8.10. The molecule has 2 aromatic carbocycles. The Kier molecular flexibility index (Phi) is 0.906. The molecule has 0 aromatic heterocycles. The van der Waals surface area contributed by atoms with Crippen molar-refractivity contribution in [3.8, 4) is 0 Å². The third-order valence-corrected chi connectivity index (χ3v) is 2.06. The Labute approximate surface area is 95.4 Å². The first-order valence-corrected chi connectivity index (χ1v) is 4.50. The Morgan fingerprint density at radius 1 is 0.929 bits per heavy atom. The average Bonchev–Trinajstić information content (AvgIpc) is 2.38. The van der Waals surface area contributed by atoms with Gasteiger partial charge in [0.1, 0.15) is 0 Å². The van der Waals surface area contributed by atoms with Crippen molar-refractivity contribution in [1.82, 2.24) is 0 Å². The minimum atomic E-state index is -0.572. The van der Waals surface area contributed by atoms with Crippen LogP contribution >= 0.6 is 0 Å². The second kappa shape index (κ2) is 3.13. The summed E-state index contributed by atoms with van der Waals surface area (Å²) in [5.41, 5.74) is -0.192. The number of rotatable bonds is 0. The summed E-state index contributed by atoms with van der Waals surface area (Å²) < 4.78 is 55.6. The number of fused-ring (bicyclic) bond motifs is 1. The van der Waals surface area contributed by atoms with E-state index in [-0.39, 0.29) is 47.0 Å². The molecule has 2 aromatic rings. The molecule has 0 aliphatic heterocycles. The van der Waals surface area contributed by atoms with Crippen LogP contribution in [0.5, 0.6) is 0 Å². The number of hydrogen-bond acceptors (Lipinski definition) is 0. The summed E-state index contributed by atoms with van der Waals surface area (Å²) in [6.07, 6.45) is 0. The van der Waals surface area contributed by atoms with Gasteiger partial charge in [0.05, 0.1) is 9.60 Å². The molecule has 2 rings (SSSR count). The third-order valence-electron chi connectivity index (χ3n) is 2.06. The molecule has 0 amide bonds. The average molecular weight is 191 g/mol. The zero-order chi connectivity index (χ0) is 16.3. The molecule has 0 atom stereocenters. The fourth-order valence-electron chi connectivity index (χ4n) is 1.38. The highest BCUT2D eigenvalue weighted by atomic mass is 14.2. The first kappa shape index (κ1) is 4.06.